The number of nitrogens with zero attached hydrogens (tertiary/aromatic N) is 5. The van der Waals surface area contributed by atoms with Crippen LogP contribution >= 0.6 is 0 Å². The van der Waals surface area contributed by atoms with Crippen molar-refractivity contribution in [3.63, 3.8) is 0 Å². The Morgan fingerprint density at radius 2 is 1.81 bits per heavy atom. The molecule has 3 aromatic rings. The maximum Gasteiger partial charge on any atom is 0.250 e. The van der Waals surface area contributed by atoms with Gasteiger partial charge in [0.15, 0.2) is 0 Å². The molecule has 0 aliphatic heterocycles. The predicted octanol–water partition coefficient (Wildman–Crippen LogP) is 5.09. The SMILES string of the molecule is C1CCCC1.CC.CCOC(C)n1cc(-c2c(CN=O)cnn3cc(C(N)=O)cc23)cn1. The van der Waals surface area contributed by atoms with Gasteiger partial charge >= 0.3 is 0 Å². The molecule has 1 saturated carbocycles. The van der Waals surface area contributed by atoms with Gasteiger partial charge in [-0.2, -0.15) is 15.1 Å². The van der Waals surface area contributed by atoms with E-state index in [0.717, 1.165) is 11.1 Å². The Kier molecular flexibility index (Phi) is 10.0. The van der Waals surface area contributed by atoms with Gasteiger partial charge in [-0.3, -0.25) is 4.79 Å². The van der Waals surface area contributed by atoms with Gasteiger partial charge in [0.05, 0.1) is 23.5 Å². The molecule has 0 aromatic carbocycles. The van der Waals surface area contributed by atoms with Gasteiger partial charge in [0.25, 0.3) is 0 Å². The molecular weight excluding hydrogens is 408 g/mol. The summed E-state index contributed by atoms with van der Waals surface area (Å²) in [6.07, 6.45) is 13.9. The van der Waals surface area contributed by atoms with Gasteiger partial charge in [-0.25, -0.2) is 9.20 Å². The Bertz CT molecular complexity index is 999. The number of primary amides is 1. The third kappa shape index (κ3) is 6.23. The highest BCUT2D eigenvalue weighted by Crippen LogP contribution is 2.30. The van der Waals surface area contributed by atoms with Crippen LogP contribution in [-0.2, 0) is 11.3 Å². The first-order chi connectivity index (χ1) is 15.5. The molecule has 1 atom stereocenters. The van der Waals surface area contributed by atoms with Crippen LogP contribution in [-0.4, -0.2) is 31.9 Å². The molecule has 2 N–H and O–H groups in total. The van der Waals surface area contributed by atoms with Crippen LogP contribution in [0.4, 0.5) is 0 Å². The van der Waals surface area contributed by atoms with E-state index >= 15 is 0 Å². The van der Waals surface area contributed by atoms with Crippen LogP contribution < -0.4 is 5.73 Å². The summed E-state index contributed by atoms with van der Waals surface area (Å²) < 4.78 is 8.77. The smallest absolute Gasteiger partial charge is 0.250 e. The number of fused-ring (bicyclic) bond motifs is 1. The minimum atomic E-state index is -0.549. The lowest BCUT2D eigenvalue weighted by Crippen LogP contribution is -2.09. The molecule has 1 amide bonds. The highest BCUT2D eigenvalue weighted by molar-refractivity contribution is 5.96. The van der Waals surface area contributed by atoms with E-state index < -0.39 is 5.91 Å². The van der Waals surface area contributed by atoms with Crippen molar-refractivity contribution in [2.45, 2.75) is 72.6 Å². The summed E-state index contributed by atoms with van der Waals surface area (Å²) >= 11 is 0. The summed E-state index contributed by atoms with van der Waals surface area (Å²) in [6.45, 7) is 8.32. The van der Waals surface area contributed by atoms with Gasteiger partial charge in [-0.1, -0.05) is 51.1 Å². The van der Waals surface area contributed by atoms with E-state index in [2.05, 4.69) is 15.4 Å². The number of rotatable bonds is 7. The Balaban J connectivity index is 0.000000448. The maximum absolute atomic E-state index is 11.5. The Hall–Kier alpha value is -3.07. The highest BCUT2D eigenvalue weighted by atomic mass is 16.5. The van der Waals surface area contributed by atoms with Gasteiger partial charge in [0.2, 0.25) is 5.91 Å². The summed E-state index contributed by atoms with van der Waals surface area (Å²) in [5.41, 5.74) is 8.49. The van der Waals surface area contributed by atoms with Crippen molar-refractivity contribution in [2.24, 2.45) is 10.9 Å². The van der Waals surface area contributed by atoms with Crippen molar-refractivity contribution in [1.29, 1.82) is 0 Å². The summed E-state index contributed by atoms with van der Waals surface area (Å²) in [6, 6.07) is 1.64. The van der Waals surface area contributed by atoms with Crippen LogP contribution in [0.1, 0.15) is 81.9 Å². The molecule has 9 nitrogen and oxygen atoms in total. The highest BCUT2D eigenvalue weighted by Gasteiger charge is 2.17. The van der Waals surface area contributed by atoms with E-state index in [9.17, 15) is 9.70 Å². The molecular formula is C23H34N6O3. The molecule has 1 aliphatic carbocycles. The topological polar surface area (TPSA) is 117 Å². The van der Waals surface area contributed by atoms with Crippen molar-refractivity contribution >= 4 is 11.4 Å². The molecule has 3 aromatic heterocycles. The van der Waals surface area contributed by atoms with Crippen LogP contribution in [0.5, 0.6) is 0 Å². The molecule has 32 heavy (non-hydrogen) atoms. The number of nitroso groups, excluding NO2 is 1. The van der Waals surface area contributed by atoms with Crippen molar-refractivity contribution < 1.29 is 9.53 Å². The first-order valence-corrected chi connectivity index (χ1v) is 11.3. The average molecular weight is 443 g/mol. The second-order valence-electron chi connectivity index (χ2n) is 7.29. The number of hydrogen-bond acceptors (Lipinski definition) is 6. The first-order valence-electron chi connectivity index (χ1n) is 11.3. The first kappa shape index (κ1) is 25.2. The second kappa shape index (κ2) is 12.7. The summed E-state index contributed by atoms with van der Waals surface area (Å²) in [7, 11) is 0. The molecule has 1 unspecified atom stereocenters. The molecule has 1 fully saturated rings. The lowest BCUT2D eigenvalue weighted by Gasteiger charge is -2.11. The molecule has 3 heterocycles. The molecule has 0 saturated heterocycles. The molecule has 4 rings (SSSR count). The zero-order valence-corrected chi connectivity index (χ0v) is 19.5. The fourth-order valence-electron chi connectivity index (χ4n) is 3.62. The minimum Gasteiger partial charge on any atom is -0.366 e. The van der Waals surface area contributed by atoms with E-state index in [1.807, 2.05) is 33.9 Å². The molecule has 174 valence electrons. The Morgan fingerprint density at radius 3 is 2.38 bits per heavy atom. The van der Waals surface area contributed by atoms with Gasteiger partial charge in [-0.15, -0.1) is 0 Å². The average Bonchev–Trinajstić information content (AvgIpc) is 3.57. The standard InChI is InChI=1S/C16H18N6O3.C5H10.C2H6/c1-3-25-10(2)21-9-13(6-18-21)15-12(7-20-24)5-19-22-8-11(16(17)23)4-14(15)22;1-2-4-5-3-1;1-2/h4-6,8-10H,3,7H2,1-2H3,(H2,17,23);1-5H2;1-2H3. The number of nitrogens with two attached hydrogens (primary N) is 1. The third-order valence-electron chi connectivity index (χ3n) is 5.16. The number of hydrogen-bond donors (Lipinski definition) is 1. The van der Waals surface area contributed by atoms with E-state index in [-0.39, 0.29) is 12.8 Å². The van der Waals surface area contributed by atoms with Crippen LogP contribution in [0.3, 0.4) is 0 Å². The Labute approximate surface area is 188 Å². The fourth-order valence-corrected chi connectivity index (χ4v) is 3.62. The van der Waals surface area contributed by atoms with Gasteiger partial charge in [-0.05, 0) is 19.9 Å². The number of ether oxygens (including phenoxy) is 1. The predicted molar refractivity (Wildman–Crippen MR) is 125 cm³/mol. The molecule has 9 heteroatoms. The van der Waals surface area contributed by atoms with Crippen LogP contribution in [0.25, 0.3) is 16.6 Å². The van der Waals surface area contributed by atoms with Crippen LogP contribution in [0.2, 0.25) is 0 Å². The van der Waals surface area contributed by atoms with Crippen molar-refractivity contribution in [1.82, 2.24) is 19.4 Å². The number of carbonyl (C=O) groups excluding carboxylic acids is 1. The van der Waals surface area contributed by atoms with E-state index in [4.69, 9.17) is 10.5 Å². The molecule has 0 spiro atoms. The summed E-state index contributed by atoms with van der Waals surface area (Å²) in [4.78, 5) is 22.3. The molecule has 1 aliphatic rings. The fraction of sp³-hybridized carbons (Fsp3) is 0.522. The quantitative estimate of drug-likeness (QED) is 0.511. The Morgan fingerprint density at radius 1 is 1.16 bits per heavy atom. The monoisotopic (exact) mass is 442 g/mol. The minimum absolute atomic E-state index is 0.0396. The molecule has 0 bridgehead atoms. The van der Waals surface area contributed by atoms with Crippen molar-refractivity contribution in [2.75, 3.05) is 6.61 Å². The number of carbonyl (C=O) groups is 1. The zero-order valence-electron chi connectivity index (χ0n) is 19.5. The molecule has 0 radical (unpaired) electrons. The zero-order chi connectivity index (χ0) is 23.5. The van der Waals surface area contributed by atoms with Gasteiger partial charge < -0.3 is 10.5 Å². The maximum atomic E-state index is 11.5. The largest absolute Gasteiger partial charge is 0.366 e. The number of amides is 1. The van der Waals surface area contributed by atoms with Crippen LogP contribution in [0.15, 0.2) is 36.0 Å². The van der Waals surface area contributed by atoms with E-state index in [1.54, 1.807) is 33.9 Å². The summed E-state index contributed by atoms with van der Waals surface area (Å²) in [5, 5.41) is 11.5. The second-order valence-corrected chi connectivity index (χ2v) is 7.29. The van der Waals surface area contributed by atoms with Gasteiger partial charge in [0.1, 0.15) is 12.8 Å². The van der Waals surface area contributed by atoms with Crippen molar-refractivity contribution in [3.8, 4) is 11.1 Å². The number of aromatic nitrogens is 4. The lowest BCUT2D eigenvalue weighted by atomic mass is 10.0. The van der Waals surface area contributed by atoms with Crippen LogP contribution in [0, 0.1) is 4.91 Å². The van der Waals surface area contributed by atoms with E-state index in [0.29, 0.717) is 23.3 Å². The lowest BCUT2D eigenvalue weighted by molar-refractivity contribution is 0.0160. The van der Waals surface area contributed by atoms with E-state index in [1.165, 1.54) is 32.1 Å². The van der Waals surface area contributed by atoms with Gasteiger partial charge in [0, 0.05) is 35.7 Å². The normalized spacial score (nSPS) is 13.6. The third-order valence-corrected chi connectivity index (χ3v) is 5.16. The summed E-state index contributed by atoms with van der Waals surface area (Å²) in [5.74, 6) is -0.549. The van der Waals surface area contributed by atoms with Crippen molar-refractivity contribution in [3.05, 3.63) is 46.9 Å².